The second kappa shape index (κ2) is 6.26. The lowest BCUT2D eigenvalue weighted by molar-refractivity contribution is 0.0965. The summed E-state index contributed by atoms with van der Waals surface area (Å²) >= 11 is 1.73. The molecule has 2 N–H and O–H groups in total. The number of thiophene rings is 1. The summed E-state index contributed by atoms with van der Waals surface area (Å²) in [6, 6.07) is 3.44. The minimum absolute atomic E-state index is 0.556. The summed E-state index contributed by atoms with van der Waals surface area (Å²) in [5.41, 5.74) is 7.02. The highest BCUT2D eigenvalue weighted by Gasteiger charge is 2.25. The van der Waals surface area contributed by atoms with Gasteiger partial charge in [0, 0.05) is 23.5 Å². The molecule has 2 aliphatic heterocycles. The summed E-state index contributed by atoms with van der Waals surface area (Å²) in [6.45, 7) is 6.34. The molecule has 5 nitrogen and oxygen atoms in total. The van der Waals surface area contributed by atoms with E-state index in [-0.39, 0.29) is 0 Å². The molecular formula is C18H23N5S. The highest BCUT2D eigenvalue weighted by Crippen LogP contribution is 2.31. The van der Waals surface area contributed by atoms with Crippen LogP contribution >= 0.6 is 11.3 Å². The summed E-state index contributed by atoms with van der Waals surface area (Å²) in [6.07, 6.45) is 7.88. The van der Waals surface area contributed by atoms with Crippen LogP contribution in [0.5, 0.6) is 0 Å². The molecule has 0 unspecified atom stereocenters. The van der Waals surface area contributed by atoms with Crippen molar-refractivity contribution in [2.24, 2.45) is 4.99 Å². The Balaban J connectivity index is 1.65. The molecule has 4 rings (SSSR count). The average molecular weight is 341 g/mol. The monoisotopic (exact) mass is 341 g/mol. The van der Waals surface area contributed by atoms with Crippen LogP contribution in [0.1, 0.15) is 43.8 Å². The molecular weight excluding hydrogens is 318 g/mol. The van der Waals surface area contributed by atoms with Crippen molar-refractivity contribution in [3.05, 3.63) is 28.9 Å². The fourth-order valence-corrected chi connectivity index (χ4v) is 4.71. The number of nitrogens with two attached hydrogens (primary N) is 1. The van der Waals surface area contributed by atoms with Crippen LogP contribution in [0.2, 0.25) is 0 Å². The summed E-state index contributed by atoms with van der Waals surface area (Å²) in [5, 5.41) is 0.971. The van der Waals surface area contributed by atoms with Crippen LogP contribution in [0.25, 0.3) is 10.2 Å². The molecule has 2 aromatic heterocycles. The lowest BCUT2D eigenvalue weighted by Crippen LogP contribution is -2.42. The molecule has 24 heavy (non-hydrogen) atoms. The quantitative estimate of drug-likeness (QED) is 0.929. The van der Waals surface area contributed by atoms with Crippen molar-refractivity contribution in [2.45, 2.75) is 51.7 Å². The topological polar surface area (TPSA) is 67.4 Å². The van der Waals surface area contributed by atoms with Gasteiger partial charge in [-0.15, -0.1) is 11.3 Å². The van der Waals surface area contributed by atoms with Gasteiger partial charge in [-0.2, -0.15) is 0 Å². The number of nitrogens with zero attached hydrogens (tertiary/aromatic N) is 4. The predicted molar refractivity (Wildman–Crippen MR) is 101 cm³/mol. The molecule has 0 aromatic carbocycles. The number of allylic oxidation sites excluding steroid dienone is 1. The first-order valence-electron chi connectivity index (χ1n) is 8.65. The van der Waals surface area contributed by atoms with Gasteiger partial charge in [0.1, 0.15) is 16.4 Å². The highest BCUT2D eigenvalue weighted by molar-refractivity contribution is 7.18. The zero-order chi connectivity index (χ0) is 16.7. The molecule has 4 heterocycles. The molecule has 1 saturated heterocycles. The number of nitrogen functional groups attached to an aromatic ring is 1. The maximum absolute atomic E-state index is 6.19. The van der Waals surface area contributed by atoms with Gasteiger partial charge in [-0.3, -0.25) is 9.89 Å². The van der Waals surface area contributed by atoms with Crippen LogP contribution in [0.15, 0.2) is 23.2 Å². The molecule has 6 heteroatoms. The van der Waals surface area contributed by atoms with Crippen molar-refractivity contribution in [2.75, 3.05) is 12.3 Å². The Hall–Kier alpha value is -1.79. The molecule has 1 fully saturated rings. The summed E-state index contributed by atoms with van der Waals surface area (Å²) in [4.78, 5) is 18.4. The molecule has 0 aliphatic carbocycles. The number of rotatable bonds is 3. The highest BCUT2D eigenvalue weighted by atomic mass is 32.1. The van der Waals surface area contributed by atoms with Gasteiger partial charge in [-0.1, -0.05) is 12.5 Å². The van der Waals surface area contributed by atoms with Gasteiger partial charge in [-0.05, 0) is 38.8 Å². The van der Waals surface area contributed by atoms with Gasteiger partial charge >= 0.3 is 0 Å². The molecule has 0 amide bonds. The Morgan fingerprint density at radius 2 is 2.04 bits per heavy atom. The van der Waals surface area contributed by atoms with Crippen LogP contribution in [-0.2, 0) is 6.54 Å². The van der Waals surface area contributed by atoms with E-state index in [1.165, 1.54) is 24.1 Å². The van der Waals surface area contributed by atoms with E-state index in [4.69, 9.17) is 10.7 Å². The minimum Gasteiger partial charge on any atom is -0.383 e. The third kappa shape index (κ3) is 2.84. The fourth-order valence-electron chi connectivity index (χ4n) is 3.67. The number of anilines is 1. The Bertz CT molecular complexity index is 812. The van der Waals surface area contributed by atoms with Gasteiger partial charge in [0.05, 0.1) is 11.9 Å². The Morgan fingerprint density at radius 1 is 1.25 bits per heavy atom. The van der Waals surface area contributed by atoms with Crippen LogP contribution < -0.4 is 5.73 Å². The first-order valence-corrected chi connectivity index (χ1v) is 9.46. The first-order chi connectivity index (χ1) is 11.6. The second-order valence-corrected chi connectivity index (χ2v) is 7.91. The van der Waals surface area contributed by atoms with Gasteiger partial charge in [0.15, 0.2) is 5.82 Å². The predicted octanol–water partition coefficient (Wildman–Crippen LogP) is 3.40. The average Bonchev–Trinajstić information content (AvgIpc) is 3.20. The van der Waals surface area contributed by atoms with Crippen molar-refractivity contribution in [3.8, 4) is 0 Å². The maximum atomic E-state index is 6.19. The lowest BCUT2D eigenvalue weighted by Gasteiger charge is -2.38. The van der Waals surface area contributed by atoms with Crippen LogP contribution in [0, 0.1) is 0 Å². The Kier molecular flexibility index (Phi) is 4.10. The molecule has 2 aliphatic rings. The SMILES string of the molecule is C[C@@H]1CCC[C@H](C)N1Cc1cc2c(N)nc(C3=NCC=C3)nc2s1. The van der Waals surface area contributed by atoms with E-state index in [9.17, 15) is 0 Å². The molecule has 0 saturated carbocycles. The van der Waals surface area contributed by atoms with Gasteiger partial charge in [0.25, 0.3) is 0 Å². The molecule has 0 bridgehead atoms. The summed E-state index contributed by atoms with van der Waals surface area (Å²) in [5.74, 6) is 1.20. The zero-order valence-corrected chi connectivity index (χ0v) is 15.0. The molecule has 0 radical (unpaired) electrons. The van der Waals surface area contributed by atoms with Gasteiger partial charge in [-0.25, -0.2) is 9.97 Å². The molecule has 2 aromatic rings. The maximum Gasteiger partial charge on any atom is 0.181 e. The number of fused-ring (bicyclic) bond motifs is 1. The number of hydrogen-bond acceptors (Lipinski definition) is 6. The lowest BCUT2D eigenvalue weighted by atomic mass is 9.97. The van der Waals surface area contributed by atoms with Crippen molar-refractivity contribution in [3.63, 3.8) is 0 Å². The number of aromatic nitrogens is 2. The van der Waals surface area contributed by atoms with Crippen LogP contribution in [-0.4, -0.2) is 39.2 Å². The van der Waals surface area contributed by atoms with E-state index in [2.05, 4.69) is 34.8 Å². The first kappa shape index (κ1) is 15.7. The number of piperidine rings is 1. The smallest absolute Gasteiger partial charge is 0.181 e. The third-order valence-corrected chi connectivity index (χ3v) is 6.07. The second-order valence-electron chi connectivity index (χ2n) is 6.79. The zero-order valence-electron chi connectivity index (χ0n) is 14.2. The van der Waals surface area contributed by atoms with Crippen molar-refractivity contribution in [1.29, 1.82) is 0 Å². The molecule has 126 valence electrons. The van der Waals surface area contributed by atoms with Gasteiger partial charge < -0.3 is 5.73 Å². The van der Waals surface area contributed by atoms with E-state index in [1.54, 1.807) is 11.3 Å². The number of likely N-dealkylation sites (tertiary alicyclic amines) is 1. The van der Waals surface area contributed by atoms with Crippen molar-refractivity contribution >= 4 is 33.1 Å². The largest absolute Gasteiger partial charge is 0.383 e. The normalized spacial score (nSPS) is 24.7. The fraction of sp³-hybridized carbons (Fsp3) is 0.500. The van der Waals surface area contributed by atoms with Crippen LogP contribution in [0.4, 0.5) is 5.82 Å². The Morgan fingerprint density at radius 3 is 2.75 bits per heavy atom. The standard InChI is InChI=1S/C18H23N5S/c1-11-5-3-6-12(2)23(11)10-13-9-14-16(19)21-17(22-18(14)24-13)15-7-4-8-20-15/h4,7,9,11-12H,3,5-6,8,10H2,1-2H3,(H2,19,21,22)/t11-,12+. The summed E-state index contributed by atoms with van der Waals surface area (Å²) < 4.78 is 0. The number of aliphatic imine (C=N–C) groups is 1. The van der Waals surface area contributed by atoms with E-state index in [1.807, 2.05) is 12.2 Å². The van der Waals surface area contributed by atoms with Gasteiger partial charge in [0.2, 0.25) is 0 Å². The van der Waals surface area contributed by atoms with E-state index in [0.717, 1.165) is 22.5 Å². The van der Waals surface area contributed by atoms with E-state index >= 15 is 0 Å². The van der Waals surface area contributed by atoms with Crippen LogP contribution in [0.3, 0.4) is 0 Å². The Labute approximate surface area is 146 Å². The number of hydrogen-bond donors (Lipinski definition) is 1. The molecule has 0 spiro atoms. The summed E-state index contributed by atoms with van der Waals surface area (Å²) in [7, 11) is 0. The molecule has 2 atom stereocenters. The van der Waals surface area contributed by atoms with E-state index < -0.39 is 0 Å². The minimum atomic E-state index is 0.556. The van der Waals surface area contributed by atoms with E-state index in [0.29, 0.717) is 30.3 Å². The van der Waals surface area contributed by atoms with Crippen molar-refractivity contribution < 1.29 is 0 Å². The van der Waals surface area contributed by atoms with Crippen molar-refractivity contribution in [1.82, 2.24) is 14.9 Å². The third-order valence-electron chi connectivity index (χ3n) is 5.06.